The average Bonchev–Trinajstić information content (AvgIpc) is 2.38. The zero-order valence-electron chi connectivity index (χ0n) is 10.8. The summed E-state index contributed by atoms with van der Waals surface area (Å²) < 4.78 is 13.7. The zero-order chi connectivity index (χ0) is 14.7. The Kier molecular flexibility index (Phi) is 4.39. The SMILES string of the molecule is Cc1cc(F)ccc1NCc1ccc(C(=O)O)cc1Br. The molecular formula is C15H13BrFNO2. The number of anilines is 1. The maximum Gasteiger partial charge on any atom is 0.335 e. The van der Waals surface area contributed by atoms with Gasteiger partial charge >= 0.3 is 5.97 Å². The molecule has 0 saturated carbocycles. The minimum Gasteiger partial charge on any atom is -0.478 e. The van der Waals surface area contributed by atoms with Gasteiger partial charge in [-0.05, 0) is 48.4 Å². The topological polar surface area (TPSA) is 49.3 Å². The van der Waals surface area contributed by atoms with Crippen molar-refractivity contribution < 1.29 is 14.3 Å². The summed E-state index contributed by atoms with van der Waals surface area (Å²) in [5, 5.41) is 12.1. The fourth-order valence-electron chi connectivity index (χ4n) is 1.84. The molecule has 20 heavy (non-hydrogen) atoms. The van der Waals surface area contributed by atoms with E-state index in [-0.39, 0.29) is 11.4 Å². The minimum absolute atomic E-state index is 0.235. The average molecular weight is 338 g/mol. The Balaban J connectivity index is 2.13. The molecule has 0 spiro atoms. The number of nitrogens with one attached hydrogen (secondary N) is 1. The highest BCUT2D eigenvalue weighted by molar-refractivity contribution is 9.10. The van der Waals surface area contributed by atoms with Crippen LogP contribution in [0.3, 0.4) is 0 Å². The molecule has 0 saturated heterocycles. The lowest BCUT2D eigenvalue weighted by Gasteiger charge is -2.11. The van der Waals surface area contributed by atoms with Gasteiger partial charge < -0.3 is 10.4 Å². The van der Waals surface area contributed by atoms with Crippen molar-refractivity contribution in [2.75, 3.05) is 5.32 Å². The highest BCUT2D eigenvalue weighted by Crippen LogP contribution is 2.22. The molecule has 0 aliphatic carbocycles. The number of carboxylic acid groups (broad SMARTS) is 1. The molecule has 0 aliphatic rings. The number of rotatable bonds is 4. The number of hydrogen-bond donors (Lipinski definition) is 2. The number of carbonyl (C=O) groups is 1. The number of aromatic carboxylic acids is 1. The Morgan fingerprint density at radius 1 is 1.30 bits per heavy atom. The summed E-state index contributed by atoms with van der Waals surface area (Å²) in [7, 11) is 0. The van der Waals surface area contributed by atoms with E-state index in [4.69, 9.17) is 5.11 Å². The van der Waals surface area contributed by atoms with E-state index < -0.39 is 5.97 Å². The molecular weight excluding hydrogens is 325 g/mol. The van der Waals surface area contributed by atoms with Crippen LogP contribution in [0.4, 0.5) is 10.1 Å². The molecule has 104 valence electrons. The molecule has 3 nitrogen and oxygen atoms in total. The lowest BCUT2D eigenvalue weighted by molar-refractivity contribution is 0.0697. The predicted octanol–water partition coefficient (Wildman–Crippen LogP) is 4.21. The Morgan fingerprint density at radius 3 is 2.65 bits per heavy atom. The summed E-state index contributed by atoms with van der Waals surface area (Å²) in [5.41, 5.74) is 2.83. The first-order chi connectivity index (χ1) is 9.47. The van der Waals surface area contributed by atoms with Gasteiger partial charge in [-0.15, -0.1) is 0 Å². The van der Waals surface area contributed by atoms with Crippen LogP contribution in [0.5, 0.6) is 0 Å². The molecule has 0 atom stereocenters. The summed E-state index contributed by atoms with van der Waals surface area (Å²) in [4.78, 5) is 10.8. The monoisotopic (exact) mass is 337 g/mol. The molecule has 0 fully saturated rings. The Hall–Kier alpha value is -1.88. The van der Waals surface area contributed by atoms with Crippen LogP contribution in [0, 0.1) is 12.7 Å². The molecule has 2 N–H and O–H groups in total. The van der Waals surface area contributed by atoms with Gasteiger partial charge in [-0.2, -0.15) is 0 Å². The standard InChI is InChI=1S/C15H13BrFNO2/c1-9-6-12(17)4-5-14(9)18-8-11-3-2-10(15(19)20)7-13(11)16/h2-7,18H,8H2,1H3,(H,19,20). The van der Waals surface area contributed by atoms with E-state index in [0.29, 0.717) is 6.54 Å². The van der Waals surface area contributed by atoms with Crippen LogP contribution in [0.15, 0.2) is 40.9 Å². The first kappa shape index (κ1) is 14.5. The van der Waals surface area contributed by atoms with Crippen molar-refractivity contribution >= 4 is 27.6 Å². The van der Waals surface area contributed by atoms with E-state index in [2.05, 4.69) is 21.2 Å². The molecule has 0 amide bonds. The normalized spacial score (nSPS) is 10.3. The summed E-state index contributed by atoms with van der Waals surface area (Å²) >= 11 is 3.36. The zero-order valence-corrected chi connectivity index (χ0v) is 12.4. The highest BCUT2D eigenvalue weighted by Gasteiger charge is 2.07. The van der Waals surface area contributed by atoms with Crippen LogP contribution in [0.2, 0.25) is 0 Å². The lowest BCUT2D eigenvalue weighted by Crippen LogP contribution is -2.03. The lowest BCUT2D eigenvalue weighted by atomic mass is 10.1. The summed E-state index contributed by atoms with van der Waals surface area (Å²) in [6, 6.07) is 9.42. The van der Waals surface area contributed by atoms with E-state index in [9.17, 15) is 9.18 Å². The van der Waals surface area contributed by atoms with Crippen molar-refractivity contribution in [1.82, 2.24) is 0 Å². The molecule has 0 aromatic heterocycles. The van der Waals surface area contributed by atoms with E-state index in [1.54, 1.807) is 24.3 Å². The maximum atomic E-state index is 13.0. The Labute approximate surface area is 124 Å². The first-order valence-electron chi connectivity index (χ1n) is 5.99. The van der Waals surface area contributed by atoms with E-state index in [1.165, 1.54) is 12.1 Å². The summed E-state index contributed by atoms with van der Waals surface area (Å²) in [5.74, 6) is -1.22. The van der Waals surface area contributed by atoms with Crippen molar-refractivity contribution in [3.63, 3.8) is 0 Å². The smallest absolute Gasteiger partial charge is 0.335 e. The molecule has 0 bridgehead atoms. The van der Waals surface area contributed by atoms with Crippen LogP contribution in [-0.2, 0) is 6.54 Å². The quantitative estimate of drug-likeness (QED) is 0.878. The molecule has 2 aromatic carbocycles. The Morgan fingerprint density at radius 2 is 2.05 bits per heavy atom. The molecule has 0 unspecified atom stereocenters. The second kappa shape index (κ2) is 6.05. The number of aryl methyl sites for hydroxylation is 1. The molecule has 2 rings (SSSR count). The third-order valence-corrected chi connectivity index (χ3v) is 3.70. The molecule has 2 aromatic rings. The van der Waals surface area contributed by atoms with Gasteiger partial charge in [-0.1, -0.05) is 22.0 Å². The van der Waals surface area contributed by atoms with E-state index >= 15 is 0 Å². The van der Waals surface area contributed by atoms with Crippen molar-refractivity contribution in [1.29, 1.82) is 0 Å². The molecule has 0 aliphatic heterocycles. The van der Waals surface area contributed by atoms with Gasteiger partial charge in [0.15, 0.2) is 0 Å². The third-order valence-electron chi connectivity index (χ3n) is 2.96. The number of carboxylic acids is 1. The summed E-state index contributed by atoms with van der Waals surface area (Å²) in [6.45, 7) is 2.35. The number of hydrogen-bond acceptors (Lipinski definition) is 2. The predicted molar refractivity (Wildman–Crippen MR) is 79.6 cm³/mol. The maximum absolute atomic E-state index is 13.0. The number of halogens is 2. The molecule has 0 heterocycles. The largest absolute Gasteiger partial charge is 0.478 e. The second-order valence-corrected chi connectivity index (χ2v) is 5.28. The van der Waals surface area contributed by atoms with E-state index in [0.717, 1.165) is 21.3 Å². The van der Waals surface area contributed by atoms with Gasteiger partial charge in [0.2, 0.25) is 0 Å². The van der Waals surface area contributed by atoms with Gasteiger partial charge in [-0.25, -0.2) is 9.18 Å². The number of benzene rings is 2. The van der Waals surface area contributed by atoms with Gasteiger partial charge in [-0.3, -0.25) is 0 Å². The second-order valence-electron chi connectivity index (χ2n) is 4.42. The minimum atomic E-state index is -0.959. The molecule has 5 heteroatoms. The fraction of sp³-hybridized carbons (Fsp3) is 0.133. The van der Waals surface area contributed by atoms with Gasteiger partial charge in [0.25, 0.3) is 0 Å². The van der Waals surface area contributed by atoms with Crippen LogP contribution in [-0.4, -0.2) is 11.1 Å². The Bertz CT molecular complexity index is 658. The van der Waals surface area contributed by atoms with Crippen molar-refractivity contribution in [3.8, 4) is 0 Å². The van der Waals surface area contributed by atoms with Crippen molar-refractivity contribution in [2.45, 2.75) is 13.5 Å². The van der Waals surface area contributed by atoms with Crippen LogP contribution in [0.1, 0.15) is 21.5 Å². The van der Waals surface area contributed by atoms with Crippen molar-refractivity contribution in [2.24, 2.45) is 0 Å². The van der Waals surface area contributed by atoms with Gasteiger partial charge in [0, 0.05) is 16.7 Å². The van der Waals surface area contributed by atoms with E-state index in [1.807, 2.05) is 6.92 Å². The van der Waals surface area contributed by atoms with Crippen LogP contribution < -0.4 is 5.32 Å². The van der Waals surface area contributed by atoms with Crippen LogP contribution >= 0.6 is 15.9 Å². The molecule has 0 radical (unpaired) electrons. The van der Waals surface area contributed by atoms with Crippen LogP contribution in [0.25, 0.3) is 0 Å². The fourth-order valence-corrected chi connectivity index (χ4v) is 2.36. The summed E-state index contributed by atoms with van der Waals surface area (Å²) in [6.07, 6.45) is 0. The van der Waals surface area contributed by atoms with Gasteiger partial charge in [0.05, 0.1) is 5.56 Å². The first-order valence-corrected chi connectivity index (χ1v) is 6.78. The van der Waals surface area contributed by atoms with Gasteiger partial charge in [0.1, 0.15) is 5.82 Å². The highest BCUT2D eigenvalue weighted by atomic mass is 79.9. The third kappa shape index (κ3) is 3.36. The van der Waals surface area contributed by atoms with Crippen molar-refractivity contribution in [3.05, 3.63) is 63.4 Å².